The largest absolute Gasteiger partial charge is 0.370 e. The molecule has 0 aliphatic heterocycles. The minimum absolute atomic E-state index is 0.00349. The summed E-state index contributed by atoms with van der Waals surface area (Å²) < 4.78 is 0. The third kappa shape index (κ3) is 5.21. The van der Waals surface area contributed by atoms with Crippen LogP contribution < -0.4 is 15.5 Å². The van der Waals surface area contributed by atoms with Crippen LogP contribution >= 0.6 is 0 Å². The predicted molar refractivity (Wildman–Crippen MR) is 86.7 cm³/mol. The van der Waals surface area contributed by atoms with E-state index in [-0.39, 0.29) is 18.5 Å². The Morgan fingerprint density at radius 1 is 1.33 bits per heavy atom. The quantitative estimate of drug-likeness (QED) is 0.765. The number of anilines is 2. The number of hydrogen-bond acceptors (Lipinski definition) is 5. The molecule has 1 heterocycles. The van der Waals surface area contributed by atoms with Crippen molar-refractivity contribution in [3.8, 4) is 0 Å². The molecule has 118 valence electrons. The fourth-order valence-corrected chi connectivity index (χ4v) is 2.11. The first kappa shape index (κ1) is 17.2. The Morgan fingerprint density at radius 2 is 2.05 bits per heavy atom. The lowest BCUT2D eigenvalue weighted by Crippen LogP contribution is -2.39. The van der Waals surface area contributed by atoms with Crippen molar-refractivity contribution in [1.29, 1.82) is 0 Å². The SMILES string of the molecule is CCCNc1ncnc(N(C)CC(=O)NC(C)C)c1CC. The molecule has 0 saturated carbocycles. The Labute approximate surface area is 127 Å². The minimum Gasteiger partial charge on any atom is -0.370 e. The van der Waals surface area contributed by atoms with Gasteiger partial charge in [0, 0.05) is 25.2 Å². The monoisotopic (exact) mass is 293 g/mol. The summed E-state index contributed by atoms with van der Waals surface area (Å²) in [4.78, 5) is 22.4. The maximum Gasteiger partial charge on any atom is 0.239 e. The standard InChI is InChI=1S/C15H27N5O/c1-6-8-16-14-12(7-2)15(18-10-17-14)20(5)9-13(21)19-11(3)4/h10-11H,6-9H2,1-5H3,(H,19,21)(H,16,17,18). The first-order chi connectivity index (χ1) is 9.99. The molecule has 1 rings (SSSR count). The molecule has 0 saturated heterocycles. The zero-order chi connectivity index (χ0) is 15.8. The van der Waals surface area contributed by atoms with Crippen LogP contribution in [0.3, 0.4) is 0 Å². The predicted octanol–water partition coefficient (Wildman–Crippen LogP) is 1.82. The first-order valence-electron chi connectivity index (χ1n) is 7.57. The van der Waals surface area contributed by atoms with Crippen LogP contribution in [0.1, 0.15) is 39.7 Å². The lowest BCUT2D eigenvalue weighted by Gasteiger charge is -2.22. The highest BCUT2D eigenvalue weighted by Crippen LogP contribution is 2.23. The Bertz CT molecular complexity index is 461. The van der Waals surface area contributed by atoms with Crippen molar-refractivity contribution in [2.75, 3.05) is 30.4 Å². The van der Waals surface area contributed by atoms with Crippen LogP contribution in [0.25, 0.3) is 0 Å². The molecule has 6 heteroatoms. The maximum absolute atomic E-state index is 11.9. The average Bonchev–Trinajstić information content (AvgIpc) is 2.43. The summed E-state index contributed by atoms with van der Waals surface area (Å²) in [6.45, 7) is 9.25. The molecule has 0 aliphatic carbocycles. The smallest absolute Gasteiger partial charge is 0.239 e. The lowest BCUT2D eigenvalue weighted by molar-refractivity contribution is -0.120. The van der Waals surface area contributed by atoms with E-state index in [1.807, 2.05) is 25.8 Å². The number of rotatable bonds is 8. The molecule has 0 bridgehead atoms. The van der Waals surface area contributed by atoms with E-state index in [0.717, 1.165) is 36.6 Å². The molecule has 6 nitrogen and oxygen atoms in total. The van der Waals surface area contributed by atoms with Crippen LogP contribution in [0.5, 0.6) is 0 Å². The van der Waals surface area contributed by atoms with Gasteiger partial charge in [0.05, 0.1) is 6.54 Å². The number of likely N-dealkylation sites (N-methyl/N-ethyl adjacent to an activating group) is 1. The van der Waals surface area contributed by atoms with Gasteiger partial charge in [-0.05, 0) is 26.7 Å². The van der Waals surface area contributed by atoms with Gasteiger partial charge in [-0.1, -0.05) is 13.8 Å². The van der Waals surface area contributed by atoms with E-state index in [1.165, 1.54) is 0 Å². The van der Waals surface area contributed by atoms with E-state index in [1.54, 1.807) is 6.33 Å². The second-order valence-electron chi connectivity index (χ2n) is 5.38. The fraction of sp³-hybridized carbons (Fsp3) is 0.667. The molecule has 0 aromatic carbocycles. The van der Waals surface area contributed by atoms with E-state index in [0.29, 0.717) is 0 Å². The van der Waals surface area contributed by atoms with Crippen molar-refractivity contribution in [2.24, 2.45) is 0 Å². The summed E-state index contributed by atoms with van der Waals surface area (Å²) in [5.41, 5.74) is 1.05. The van der Waals surface area contributed by atoms with Crippen molar-refractivity contribution in [3.05, 3.63) is 11.9 Å². The van der Waals surface area contributed by atoms with Gasteiger partial charge in [-0.25, -0.2) is 9.97 Å². The normalized spacial score (nSPS) is 10.6. The molecule has 1 aromatic heterocycles. The molecular weight excluding hydrogens is 266 g/mol. The van der Waals surface area contributed by atoms with Gasteiger partial charge in [-0.2, -0.15) is 0 Å². The van der Waals surface area contributed by atoms with Gasteiger partial charge in [0.2, 0.25) is 5.91 Å². The number of nitrogens with zero attached hydrogens (tertiary/aromatic N) is 3. The summed E-state index contributed by atoms with van der Waals surface area (Å²) >= 11 is 0. The Hall–Kier alpha value is -1.85. The first-order valence-corrected chi connectivity index (χ1v) is 7.57. The molecular formula is C15H27N5O. The topological polar surface area (TPSA) is 70.2 Å². The number of nitrogens with one attached hydrogen (secondary N) is 2. The second-order valence-corrected chi connectivity index (χ2v) is 5.38. The number of amides is 1. The van der Waals surface area contributed by atoms with E-state index < -0.39 is 0 Å². The molecule has 0 radical (unpaired) electrons. The van der Waals surface area contributed by atoms with Crippen LogP contribution in [-0.2, 0) is 11.2 Å². The summed E-state index contributed by atoms with van der Waals surface area (Å²) in [6.07, 6.45) is 3.40. The van der Waals surface area contributed by atoms with E-state index >= 15 is 0 Å². The van der Waals surface area contributed by atoms with Gasteiger partial charge < -0.3 is 15.5 Å². The summed E-state index contributed by atoms with van der Waals surface area (Å²) in [6, 6.07) is 0.142. The average molecular weight is 293 g/mol. The molecule has 1 amide bonds. The molecule has 21 heavy (non-hydrogen) atoms. The van der Waals surface area contributed by atoms with E-state index in [4.69, 9.17) is 0 Å². The van der Waals surface area contributed by atoms with Crippen molar-refractivity contribution in [1.82, 2.24) is 15.3 Å². The van der Waals surface area contributed by atoms with Crippen LogP contribution in [0.15, 0.2) is 6.33 Å². The van der Waals surface area contributed by atoms with Crippen LogP contribution in [0, 0.1) is 0 Å². The fourth-order valence-electron chi connectivity index (χ4n) is 2.11. The van der Waals surface area contributed by atoms with Crippen molar-refractivity contribution >= 4 is 17.5 Å². The lowest BCUT2D eigenvalue weighted by atomic mass is 10.2. The van der Waals surface area contributed by atoms with Gasteiger partial charge in [0.1, 0.15) is 18.0 Å². The maximum atomic E-state index is 11.9. The number of carbonyl (C=O) groups excluding carboxylic acids is 1. The molecule has 2 N–H and O–H groups in total. The van der Waals surface area contributed by atoms with Gasteiger partial charge >= 0.3 is 0 Å². The third-order valence-electron chi connectivity index (χ3n) is 3.01. The number of hydrogen-bond donors (Lipinski definition) is 2. The summed E-state index contributed by atoms with van der Waals surface area (Å²) in [7, 11) is 1.88. The Morgan fingerprint density at radius 3 is 2.62 bits per heavy atom. The van der Waals surface area contributed by atoms with Crippen LogP contribution in [0.2, 0.25) is 0 Å². The van der Waals surface area contributed by atoms with Gasteiger partial charge in [-0.15, -0.1) is 0 Å². The second kappa shape index (κ2) is 8.44. The molecule has 0 unspecified atom stereocenters. The molecule has 0 spiro atoms. The molecule has 1 aromatic rings. The van der Waals surface area contributed by atoms with Gasteiger partial charge in [0.15, 0.2) is 0 Å². The molecule has 0 fully saturated rings. The highest BCUT2D eigenvalue weighted by atomic mass is 16.2. The van der Waals surface area contributed by atoms with E-state index in [9.17, 15) is 4.79 Å². The highest BCUT2D eigenvalue weighted by Gasteiger charge is 2.15. The van der Waals surface area contributed by atoms with Crippen molar-refractivity contribution < 1.29 is 4.79 Å². The van der Waals surface area contributed by atoms with Crippen LogP contribution in [-0.4, -0.2) is 42.1 Å². The van der Waals surface area contributed by atoms with Crippen LogP contribution in [0.4, 0.5) is 11.6 Å². The number of carbonyl (C=O) groups is 1. The van der Waals surface area contributed by atoms with Crippen molar-refractivity contribution in [2.45, 2.75) is 46.6 Å². The highest BCUT2D eigenvalue weighted by molar-refractivity contribution is 5.81. The number of aromatic nitrogens is 2. The van der Waals surface area contributed by atoms with Gasteiger partial charge in [0.25, 0.3) is 0 Å². The zero-order valence-electron chi connectivity index (χ0n) is 13.7. The van der Waals surface area contributed by atoms with Crippen molar-refractivity contribution in [3.63, 3.8) is 0 Å². The molecule has 0 atom stereocenters. The Kier molecular flexibility index (Phi) is 6.91. The molecule has 0 aliphatic rings. The van der Waals surface area contributed by atoms with E-state index in [2.05, 4.69) is 34.4 Å². The summed E-state index contributed by atoms with van der Waals surface area (Å²) in [5, 5.41) is 6.21. The summed E-state index contributed by atoms with van der Waals surface area (Å²) in [5.74, 6) is 1.67. The minimum atomic E-state index is -0.00349. The zero-order valence-corrected chi connectivity index (χ0v) is 13.7. The third-order valence-corrected chi connectivity index (χ3v) is 3.01. The Balaban J connectivity index is 2.87. The van der Waals surface area contributed by atoms with Gasteiger partial charge in [-0.3, -0.25) is 4.79 Å².